The maximum atomic E-state index is 3.55. The summed E-state index contributed by atoms with van der Waals surface area (Å²) in [5, 5.41) is 2.55. The number of aryl methyl sites for hydroxylation is 2. The summed E-state index contributed by atoms with van der Waals surface area (Å²) in [4.78, 5) is 3.51. The van der Waals surface area contributed by atoms with Crippen LogP contribution in [0.25, 0.3) is 21.8 Å². The molecule has 0 spiro atoms. The monoisotopic (exact) mass is 444 g/mol. The van der Waals surface area contributed by atoms with Gasteiger partial charge in [-0.1, -0.05) is 46.3 Å². The van der Waals surface area contributed by atoms with Crippen LogP contribution in [0.15, 0.2) is 71.5 Å². The summed E-state index contributed by atoms with van der Waals surface area (Å²) in [6, 6.07) is 19.3. The molecule has 2 nitrogen and oxygen atoms in total. The second-order valence-electron chi connectivity index (χ2n) is 5.91. The summed E-state index contributed by atoms with van der Waals surface area (Å²) < 4.78 is 3.39. The Labute approximate surface area is 160 Å². The van der Waals surface area contributed by atoms with Gasteiger partial charge in [0.25, 0.3) is 0 Å². The number of nitrogens with zero attached hydrogens (tertiary/aromatic N) is 1. The molecule has 122 valence electrons. The minimum absolute atomic E-state index is 0. The van der Waals surface area contributed by atoms with Crippen molar-refractivity contribution in [1.82, 2.24) is 4.98 Å². The number of benzene rings is 2. The predicted octanol–water partition coefficient (Wildman–Crippen LogP) is 2.01. The highest BCUT2D eigenvalue weighted by atomic mass is 79.9. The molecule has 4 heteroatoms. The summed E-state index contributed by atoms with van der Waals surface area (Å²) in [7, 11) is 0. The molecule has 0 fully saturated rings. The third kappa shape index (κ3) is 3.55. The fourth-order valence-electron chi connectivity index (χ4n) is 3.12. The van der Waals surface area contributed by atoms with Crippen LogP contribution in [0.3, 0.4) is 0 Å². The smallest absolute Gasteiger partial charge is 0.193 e. The van der Waals surface area contributed by atoms with Crippen molar-refractivity contribution >= 4 is 37.7 Å². The van der Waals surface area contributed by atoms with Gasteiger partial charge in [-0.3, -0.25) is 0 Å². The molecular weight excluding hydrogens is 428 g/mol. The van der Waals surface area contributed by atoms with Crippen LogP contribution in [-0.2, 0) is 13.0 Å². The van der Waals surface area contributed by atoms with Crippen molar-refractivity contribution in [1.29, 1.82) is 0 Å². The van der Waals surface area contributed by atoms with E-state index in [9.17, 15) is 0 Å². The maximum Gasteiger partial charge on any atom is 0.193 e. The number of aromatic amines is 1. The van der Waals surface area contributed by atoms with E-state index in [2.05, 4.69) is 92.5 Å². The third-order valence-electron chi connectivity index (χ3n) is 4.28. The van der Waals surface area contributed by atoms with Crippen molar-refractivity contribution in [3.05, 3.63) is 77.0 Å². The molecule has 2 aromatic carbocycles. The first-order chi connectivity index (χ1) is 11.3. The Hall–Kier alpha value is -1.65. The highest BCUT2D eigenvalue weighted by Gasteiger charge is 2.09. The van der Waals surface area contributed by atoms with E-state index in [1.165, 1.54) is 27.4 Å². The summed E-state index contributed by atoms with van der Waals surface area (Å²) in [6.45, 7) is 1.03. The summed E-state index contributed by atoms with van der Waals surface area (Å²) in [5.41, 5.74) is 3.79. The van der Waals surface area contributed by atoms with E-state index < -0.39 is 0 Å². The van der Waals surface area contributed by atoms with E-state index in [4.69, 9.17) is 0 Å². The molecule has 1 N–H and O–H groups in total. The highest BCUT2D eigenvalue weighted by Crippen LogP contribution is 2.26. The Kier molecular flexibility index (Phi) is 5.36. The van der Waals surface area contributed by atoms with Gasteiger partial charge < -0.3 is 22.0 Å². The van der Waals surface area contributed by atoms with Crippen LogP contribution < -0.4 is 21.5 Å². The van der Waals surface area contributed by atoms with Crippen LogP contribution in [0.4, 0.5) is 0 Å². The van der Waals surface area contributed by atoms with Gasteiger partial charge in [0.1, 0.15) is 12.1 Å². The molecule has 2 aromatic heterocycles. The highest BCUT2D eigenvalue weighted by molar-refractivity contribution is 9.10. The van der Waals surface area contributed by atoms with E-state index in [1.807, 2.05) is 0 Å². The fourth-order valence-corrected chi connectivity index (χ4v) is 3.48. The van der Waals surface area contributed by atoms with Gasteiger partial charge in [0, 0.05) is 33.2 Å². The van der Waals surface area contributed by atoms with Gasteiger partial charge in [0.05, 0.1) is 0 Å². The zero-order valence-electron chi connectivity index (χ0n) is 13.2. The second kappa shape index (κ2) is 7.49. The average Bonchev–Trinajstić information content (AvgIpc) is 2.93. The summed E-state index contributed by atoms with van der Waals surface area (Å²) >= 11 is 3.55. The Balaban J connectivity index is 0.00000169. The molecule has 24 heavy (non-hydrogen) atoms. The molecule has 4 aromatic rings. The van der Waals surface area contributed by atoms with Crippen molar-refractivity contribution in [2.24, 2.45) is 0 Å². The Bertz CT molecular complexity index is 961. The number of aromatic nitrogens is 2. The Morgan fingerprint density at radius 3 is 2.58 bits per heavy atom. The van der Waals surface area contributed by atoms with Gasteiger partial charge in [-0.25, -0.2) is 4.57 Å². The van der Waals surface area contributed by atoms with Crippen molar-refractivity contribution < 1.29 is 21.5 Å². The van der Waals surface area contributed by atoms with Gasteiger partial charge in [-0.15, -0.1) is 0 Å². The predicted molar refractivity (Wildman–Crippen MR) is 98.5 cm³/mol. The quantitative estimate of drug-likeness (QED) is 0.463. The summed E-state index contributed by atoms with van der Waals surface area (Å²) in [6.07, 6.45) is 6.66. The minimum atomic E-state index is 0. The Morgan fingerprint density at radius 1 is 0.917 bits per heavy atom. The number of hydrogen-bond acceptors (Lipinski definition) is 0. The lowest BCUT2D eigenvalue weighted by molar-refractivity contribution is -0.696. The van der Waals surface area contributed by atoms with Gasteiger partial charge >= 0.3 is 0 Å². The van der Waals surface area contributed by atoms with E-state index in [0.29, 0.717) is 0 Å². The molecule has 0 unspecified atom stereocenters. The molecular formula is C20H18Br2N2. The van der Waals surface area contributed by atoms with Gasteiger partial charge in [-0.2, -0.15) is 0 Å². The van der Waals surface area contributed by atoms with Crippen molar-refractivity contribution in [3.63, 3.8) is 0 Å². The number of nitrogens with one attached hydrogen (secondary N) is 1. The van der Waals surface area contributed by atoms with Crippen LogP contribution in [0, 0.1) is 0 Å². The lowest BCUT2D eigenvalue weighted by Gasteiger charge is -1.99. The molecule has 2 heterocycles. The number of pyridine rings is 1. The average molecular weight is 446 g/mol. The fraction of sp³-hybridized carbons (Fsp3) is 0.150. The summed E-state index contributed by atoms with van der Waals surface area (Å²) in [5.74, 6) is 0. The molecule has 0 aliphatic heterocycles. The second-order valence-corrected chi connectivity index (χ2v) is 6.83. The number of halogens is 2. The largest absolute Gasteiger partial charge is 1.00 e. The number of H-pyrrole nitrogens is 1. The van der Waals surface area contributed by atoms with Gasteiger partial charge in [0.15, 0.2) is 12.4 Å². The molecule has 0 saturated heterocycles. The standard InChI is InChI=1S/C20H17BrN2.BrH/c21-16-8-9-19-18(13-16)17-10-12-23(14-20(17)22-19)11-4-7-15-5-2-1-3-6-15;/h1-3,5-6,8-10,12-14H,4,7,11H2;1H. The van der Waals surface area contributed by atoms with Crippen molar-refractivity contribution in [2.45, 2.75) is 19.4 Å². The van der Waals surface area contributed by atoms with Crippen molar-refractivity contribution in [2.75, 3.05) is 0 Å². The molecule has 0 atom stereocenters. The molecule has 0 bridgehead atoms. The van der Waals surface area contributed by atoms with E-state index in [0.717, 1.165) is 23.9 Å². The molecule has 4 rings (SSSR count). The molecule has 0 amide bonds. The Morgan fingerprint density at radius 2 is 1.75 bits per heavy atom. The van der Waals surface area contributed by atoms with Crippen LogP contribution in [0.1, 0.15) is 12.0 Å². The minimum Gasteiger partial charge on any atom is -1.00 e. The molecule has 0 aliphatic carbocycles. The molecule has 0 radical (unpaired) electrons. The van der Waals surface area contributed by atoms with Crippen LogP contribution >= 0.6 is 15.9 Å². The topological polar surface area (TPSA) is 19.7 Å². The van der Waals surface area contributed by atoms with Crippen LogP contribution in [0.5, 0.6) is 0 Å². The maximum absolute atomic E-state index is 3.55. The third-order valence-corrected chi connectivity index (χ3v) is 4.78. The zero-order valence-corrected chi connectivity index (χ0v) is 16.3. The first-order valence-corrected chi connectivity index (χ1v) is 8.73. The van der Waals surface area contributed by atoms with Crippen LogP contribution in [-0.4, -0.2) is 4.98 Å². The molecule has 0 aliphatic rings. The van der Waals surface area contributed by atoms with Gasteiger partial charge in [-0.05, 0) is 30.2 Å². The van der Waals surface area contributed by atoms with Crippen LogP contribution in [0.2, 0.25) is 0 Å². The number of rotatable bonds is 4. The zero-order chi connectivity index (χ0) is 15.6. The van der Waals surface area contributed by atoms with Crippen molar-refractivity contribution in [3.8, 4) is 0 Å². The normalized spacial score (nSPS) is 10.9. The first kappa shape index (κ1) is 17.2. The lowest BCUT2D eigenvalue weighted by Crippen LogP contribution is -3.00. The lowest BCUT2D eigenvalue weighted by atomic mass is 10.1. The number of hydrogen-bond donors (Lipinski definition) is 1. The van der Waals surface area contributed by atoms with Gasteiger partial charge in [0.2, 0.25) is 0 Å². The van der Waals surface area contributed by atoms with E-state index in [-0.39, 0.29) is 17.0 Å². The molecule has 0 saturated carbocycles. The number of fused-ring (bicyclic) bond motifs is 3. The van der Waals surface area contributed by atoms with E-state index >= 15 is 0 Å². The first-order valence-electron chi connectivity index (χ1n) is 7.93. The SMILES string of the molecule is Brc1ccc2[nH]c3c[n+](CCCc4ccccc4)ccc3c2c1.[Br-]. The van der Waals surface area contributed by atoms with E-state index in [1.54, 1.807) is 0 Å².